The highest BCUT2D eigenvalue weighted by molar-refractivity contribution is 7.26. The second-order valence-electron chi connectivity index (χ2n) is 17.1. The smallest absolute Gasteiger partial charge is 0.0465 e. The minimum Gasteiger partial charge on any atom is -0.310 e. The van der Waals surface area contributed by atoms with Gasteiger partial charge in [-0.2, -0.15) is 0 Å². The second-order valence-corrected chi connectivity index (χ2v) is 20.3. The molecule has 3 aromatic heterocycles. The largest absolute Gasteiger partial charge is 0.310 e. The molecular formula is C57H39NS3. The highest BCUT2D eigenvalue weighted by Crippen LogP contribution is 2.55. The standard InChI is InChI=1S/C57H39NS3/c1-57(2)48-32-31-46-43-13-5-8-20-52(43)61-56(46)53(48)47-30-29-38(33-49(47)57)58(36-25-21-34(22-26-36)39-14-9-16-44-41-11-3-6-18-50(41)59-54(39)44)37-27-23-35(24-28-37)40-15-10-17-45-42-12-4-7-19-51(42)60-55(40)45/h3,5-11,13-33H,4,12H2,1-2H3. The molecule has 0 unspecified atom stereocenters. The number of hydrogen-bond donors (Lipinski definition) is 0. The summed E-state index contributed by atoms with van der Waals surface area (Å²) in [6, 6.07) is 61.7. The van der Waals surface area contributed by atoms with Crippen LogP contribution < -0.4 is 4.90 Å². The molecule has 61 heavy (non-hydrogen) atoms. The minimum atomic E-state index is -0.152. The van der Waals surface area contributed by atoms with Crippen LogP contribution >= 0.6 is 34.0 Å². The van der Waals surface area contributed by atoms with Gasteiger partial charge in [-0.05, 0) is 117 Å². The Morgan fingerprint density at radius 2 is 1.03 bits per heavy atom. The molecule has 8 aromatic carbocycles. The average Bonchev–Trinajstić information content (AvgIpc) is 4.05. The summed E-state index contributed by atoms with van der Waals surface area (Å²) in [6.45, 7) is 4.81. The van der Waals surface area contributed by atoms with Gasteiger partial charge in [0.1, 0.15) is 0 Å². The van der Waals surface area contributed by atoms with Crippen LogP contribution in [0.4, 0.5) is 17.1 Å². The van der Waals surface area contributed by atoms with Gasteiger partial charge in [-0.25, -0.2) is 0 Å². The Morgan fingerprint density at radius 3 is 1.72 bits per heavy atom. The fraction of sp³-hybridized carbons (Fsp3) is 0.0877. The second kappa shape index (κ2) is 13.3. The van der Waals surface area contributed by atoms with Gasteiger partial charge in [0.15, 0.2) is 0 Å². The molecule has 0 fully saturated rings. The lowest BCUT2D eigenvalue weighted by molar-refractivity contribution is 0.661. The first-order valence-corrected chi connectivity index (χ1v) is 23.7. The molecule has 0 bridgehead atoms. The third-order valence-corrected chi connectivity index (χ3v) is 17.1. The Labute approximate surface area is 367 Å². The molecule has 0 saturated carbocycles. The van der Waals surface area contributed by atoms with E-state index in [1.807, 2.05) is 34.0 Å². The van der Waals surface area contributed by atoms with Crippen molar-refractivity contribution in [3.63, 3.8) is 0 Å². The molecule has 290 valence electrons. The quantitative estimate of drug-likeness (QED) is 0.167. The van der Waals surface area contributed by atoms with Crippen LogP contribution in [0.1, 0.15) is 41.8 Å². The van der Waals surface area contributed by atoms with Gasteiger partial charge < -0.3 is 4.90 Å². The van der Waals surface area contributed by atoms with Gasteiger partial charge in [-0.1, -0.05) is 135 Å². The van der Waals surface area contributed by atoms with Crippen LogP contribution in [0.15, 0.2) is 170 Å². The third-order valence-electron chi connectivity index (χ3n) is 13.4. The summed E-state index contributed by atoms with van der Waals surface area (Å²) in [5.41, 5.74) is 15.4. The Morgan fingerprint density at radius 1 is 0.459 bits per heavy atom. The molecule has 0 aliphatic heterocycles. The van der Waals surface area contributed by atoms with Crippen LogP contribution in [0.2, 0.25) is 0 Å². The maximum atomic E-state index is 2.47. The lowest BCUT2D eigenvalue weighted by atomic mass is 9.82. The Kier molecular flexibility index (Phi) is 7.76. The molecule has 2 aliphatic carbocycles. The predicted molar refractivity (Wildman–Crippen MR) is 268 cm³/mol. The summed E-state index contributed by atoms with van der Waals surface area (Å²) in [4.78, 5) is 3.87. The van der Waals surface area contributed by atoms with E-state index in [1.54, 1.807) is 0 Å². The number of nitrogens with zero attached hydrogens (tertiary/aromatic N) is 1. The highest BCUT2D eigenvalue weighted by Gasteiger charge is 2.38. The number of benzene rings is 8. The predicted octanol–water partition coefficient (Wildman–Crippen LogP) is 17.7. The van der Waals surface area contributed by atoms with E-state index >= 15 is 0 Å². The van der Waals surface area contributed by atoms with Crippen molar-refractivity contribution in [3.05, 3.63) is 191 Å². The molecule has 0 atom stereocenters. The maximum absolute atomic E-state index is 2.47. The molecule has 4 heteroatoms. The van der Waals surface area contributed by atoms with E-state index in [9.17, 15) is 0 Å². The monoisotopic (exact) mass is 833 g/mol. The van der Waals surface area contributed by atoms with Gasteiger partial charge >= 0.3 is 0 Å². The van der Waals surface area contributed by atoms with E-state index < -0.39 is 0 Å². The molecule has 0 N–H and O–H groups in total. The summed E-state index contributed by atoms with van der Waals surface area (Å²) >= 11 is 5.76. The van der Waals surface area contributed by atoms with Crippen molar-refractivity contribution < 1.29 is 0 Å². The van der Waals surface area contributed by atoms with Crippen LogP contribution in [0.25, 0.3) is 89.9 Å². The molecule has 0 amide bonds. The van der Waals surface area contributed by atoms with Gasteiger partial charge in [0.05, 0.1) is 0 Å². The van der Waals surface area contributed by atoms with Crippen molar-refractivity contribution in [3.8, 4) is 33.4 Å². The van der Waals surface area contributed by atoms with Crippen molar-refractivity contribution in [1.82, 2.24) is 0 Å². The topological polar surface area (TPSA) is 3.24 Å². The Balaban J connectivity index is 0.951. The average molecular weight is 834 g/mol. The van der Waals surface area contributed by atoms with Gasteiger partial charge in [0.2, 0.25) is 0 Å². The molecule has 11 aromatic rings. The van der Waals surface area contributed by atoms with Crippen LogP contribution in [0.3, 0.4) is 0 Å². The summed E-state index contributed by atoms with van der Waals surface area (Å²) in [5.74, 6) is 0. The summed E-state index contributed by atoms with van der Waals surface area (Å²) in [6.07, 6.45) is 6.89. The molecule has 1 nitrogen and oxygen atoms in total. The normalized spacial score (nSPS) is 14.0. The van der Waals surface area contributed by atoms with Gasteiger partial charge in [-0.15, -0.1) is 34.0 Å². The van der Waals surface area contributed by atoms with Crippen LogP contribution in [0.5, 0.6) is 0 Å². The van der Waals surface area contributed by atoms with Crippen molar-refractivity contribution in [2.75, 3.05) is 4.90 Å². The van der Waals surface area contributed by atoms with Crippen molar-refractivity contribution in [1.29, 1.82) is 0 Å². The molecule has 13 rings (SSSR count). The van der Waals surface area contributed by atoms with Crippen LogP contribution in [0, 0.1) is 0 Å². The first-order valence-electron chi connectivity index (χ1n) is 21.2. The van der Waals surface area contributed by atoms with E-state index in [4.69, 9.17) is 0 Å². The number of anilines is 3. The highest BCUT2D eigenvalue weighted by atomic mass is 32.1. The summed E-state index contributed by atoms with van der Waals surface area (Å²) in [7, 11) is 0. The van der Waals surface area contributed by atoms with Crippen molar-refractivity contribution >= 4 is 108 Å². The number of rotatable bonds is 5. The number of hydrogen-bond acceptors (Lipinski definition) is 4. The first-order chi connectivity index (χ1) is 30.0. The third kappa shape index (κ3) is 5.29. The molecule has 3 heterocycles. The Hall–Kier alpha value is -6.30. The number of thiophene rings is 3. The van der Waals surface area contributed by atoms with Gasteiger partial charge in [0, 0.05) is 78.0 Å². The van der Waals surface area contributed by atoms with Gasteiger partial charge in [0.25, 0.3) is 0 Å². The maximum Gasteiger partial charge on any atom is 0.0465 e. The lowest BCUT2D eigenvalue weighted by Crippen LogP contribution is -2.16. The molecule has 2 aliphatic rings. The lowest BCUT2D eigenvalue weighted by Gasteiger charge is -2.28. The number of allylic oxidation sites excluding steroid dienone is 1. The fourth-order valence-corrected chi connectivity index (χ4v) is 14.2. The van der Waals surface area contributed by atoms with Crippen molar-refractivity contribution in [2.45, 2.75) is 32.1 Å². The zero-order valence-electron chi connectivity index (χ0n) is 33.8. The first kappa shape index (κ1) is 35.5. The molecular weight excluding hydrogens is 795 g/mol. The zero-order chi connectivity index (χ0) is 40.4. The van der Waals surface area contributed by atoms with Crippen molar-refractivity contribution in [2.24, 2.45) is 0 Å². The minimum absolute atomic E-state index is 0.152. The van der Waals surface area contributed by atoms with Crippen LogP contribution in [-0.4, -0.2) is 0 Å². The van der Waals surface area contributed by atoms with E-state index in [-0.39, 0.29) is 5.41 Å². The molecule has 0 spiro atoms. The van der Waals surface area contributed by atoms with E-state index in [0.29, 0.717) is 0 Å². The van der Waals surface area contributed by atoms with Gasteiger partial charge in [-0.3, -0.25) is 0 Å². The zero-order valence-corrected chi connectivity index (χ0v) is 36.3. The number of aryl methyl sites for hydroxylation is 1. The van der Waals surface area contributed by atoms with E-state index in [1.165, 1.54) is 111 Å². The summed E-state index contributed by atoms with van der Waals surface area (Å²) in [5, 5.41) is 6.77. The Bertz CT molecular complexity index is 3610. The number of fused-ring (bicyclic) bond motifs is 13. The SMILES string of the molecule is CC1(C)c2cc(N(c3ccc(-c4cccc5c6c(sc45)C=CCC6)cc3)c3ccc(-c4cccc5c4sc4ccccc45)cc3)ccc2-c2c1ccc1c2sc2ccccc21. The van der Waals surface area contributed by atoms with E-state index in [2.05, 4.69) is 195 Å². The van der Waals surface area contributed by atoms with Crippen LogP contribution in [-0.2, 0) is 11.8 Å². The fourth-order valence-electron chi connectivity index (χ4n) is 10.4. The molecule has 0 radical (unpaired) electrons. The summed E-state index contributed by atoms with van der Waals surface area (Å²) < 4.78 is 6.81. The molecule has 0 saturated heterocycles. The van der Waals surface area contributed by atoms with E-state index in [0.717, 1.165) is 24.2 Å².